The Morgan fingerprint density at radius 2 is 1.88 bits per heavy atom. The van der Waals surface area contributed by atoms with E-state index in [0.29, 0.717) is 17.1 Å². The van der Waals surface area contributed by atoms with Crippen molar-refractivity contribution in [2.24, 2.45) is 5.92 Å². The monoisotopic (exact) mass is 232 g/mol. The highest BCUT2D eigenvalue weighted by Gasteiger charge is 2.16. The van der Waals surface area contributed by atoms with Gasteiger partial charge in [-0.2, -0.15) is 0 Å². The van der Waals surface area contributed by atoms with Gasteiger partial charge in [-0.05, 0) is 18.8 Å². The van der Waals surface area contributed by atoms with E-state index in [1.807, 2.05) is 6.08 Å². The normalized spacial score (nSPS) is 18.0. The molecule has 4 heteroatoms. The van der Waals surface area contributed by atoms with Crippen LogP contribution in [-0.2, 0) is 4.79 Å². The first-order valence-corrected chi connectivity index (χ1v) is 5.98. The lowest BCUT2D eigenvalue weighted by Gasteiger charge is -2.18. The highest BCUT2D eigenvalue weighted by molar-refractivity contribution is 6.15. The minimum absolute atomic E-state index is 0.331. The highest BCUT2D eigenvalue weighted by atomic mass is 16.4. The number of carboxylic acids is 1. The summed E-state index contributed by atoms with van der Waals surface area (Å²) in [5.74, 6) is -0.513. The summed E-state index contributed by atoms with van der Waals surface area (Å²) in [5, 5.41) is 9.23. The van der Waals surface area contributed by atoms with E-state index in [4.69, 9.17) is 0 Å². The first-order valence-electron chi connectivity index (χ1n) is 5.98. The van der Waals surface area contributed by atoms with Gasteiger partial charge >= 0.3 is 5.97 Å². The van der Waals surface area contributed by atoms with Crippen molar-refractivity contribution in [1.29, 1.82) is 0 Å². The molecule has 0 unspecified atom stereocenters. The lowest BCUT2D eigenvalue weighted by molar-refractivity contribution is -0.130. The van der Waals surface area contributed by atoms with Gasteiger partial charge in [0.2, 0.25) is 0 Å². The average molecular weight is 232 g/mol. The molecule has 17 heavy (non-hydrogen) atoms. The molecule has 1 heterocycles. The van der Waals surface area contributed by atoms with Crippen molar-refractivity contribution in [3.8, 4) is 0 Å². The molecule has 2 rings (SSSR count). The van der Waals surface area contributed by atoms with E-state index in [2.05, 4.69) is 9.97 Å². The molecule has 0 spiro atoms. The van der Waals surface area contributed by atoms with Gasteiger partial charge in [-0.25, -0.2) is 14.8 Å². The van der Waals surface area contributed by atoms with Crippen LogP contribution in [0.4, 0.5) is 0 Å². The number of hydrogen-bond donors (Lipinski definition) is 1. The maximum absolute atomic E-state index is 11.2. The molecule has 4 nitrogen and oxygen atoms in total. The number of carbonyl (C=O) groups is 1. The lowest BCUT2D eigenvalue weighted by atomic mass is 9.87. The van der Waals surface area contributed by atoms with Crippen LogP contribution in [0.2, 0.25) is 0 Å². The number of nitrogens with zero attached hydrogens (tertiary/aromatic N) is 2. The average Bonchev–Trinajstić information content (AvgIpc) is 2.38. The van der Waals surface area contributed by atoms with Crippen molar-refractivity contribution in [3.63, 3.8) is 0 Å². The van der Waals surface area contributed by atoms with Gasteiger partial charge < -0.3 is 5.11 Å². The molecule has 90 valence electrons. The van der Waals surface area contributed by atoms with Gasteiger partial charge in [-0.3, -0.25) is 0 Å². The molecule has 0 aromatic carbocycles. The molecular weight excluding hydrogens is 216 g/mol. The summed E-state index contributed by atoms with van der Waals surface area (Å²) in [5.41, 5.74) is 0.920. The summed E-state index contributed by atoms with van der Waals surface area (Å²) < 4.78 is 0. The van der Waals surface area contributed by atoms with Crippen LogP contribution in [0.1, 0.15) is 37.7 Å². The number of hydrogen-bond acceptors (Lipinski definition) is 3. The van der Waals surface area contributed by atoms with Crippen molar-refractivity contribution in [2.75, 3.05) is 0 Å². The van der Waals surface area contributed by atoms with Crippen LogP contribution >= 0.6 is 0 Å². The van der Waals surface area contributed by atoms with Crippen molar-refractivity contribution >= 4 is 11.5 Å². The van der Waals surface area contributed by atoms with E-state index in [9.17, 15) is 9.90 Å². The predicted octanol–water partition coefficient (Wildman–Crippen LogP) is 2.52. The Hall–Kier alpha value is -1.71. The Morgan fingerprint density at radius 3 is 2.47 bits per heavy atom. The standard InChI is InChI=1S/C13H16N2O2/c16-13(17)12(11-7-14-9-15-8-11)6-10-4-2-1-3-5-10/h6-10H,1-5H2,(H,16,17). The van der Waals surface area contributed by atoms with Crippen LogP contribution in [0.5, 0.6) is 0 Å². The zero-order valence-corrected chi connectivity index (χ0v) is 9.67. The van der Waals surface area contributed by atoms with Gasteiger partial charge in [0, 0.05) is 18.0 Å². The quantitative estimate of drug-likeness (QED) is 0.813. The van der Waals surface area contributed by atoms with Crippen molar-refractivity contribution in [3.05, 3.63) is 30.4 Å². The molecule has 0 bridgehead atoms. The second kappa shape index (κ2) is 5.57. The van der Waals surface area contributed by atoms with Gasteiger partial charge in [-0.1, -0.05) is 25.3 Å². The zero-order valence-electron chi connectivity index (χ0n) is 9.67. The summed E-state index contributed by atoms with van der Waals surface area (Å²) in [4.78, 5) is 19.0. The van der Waals surface area contributed by atoms with Crippen LogP contribution in [0.25, 0.3) is 5.57 Å². The molecule has 1 fully saturated rings. The van der Waals surface area contributed by atoms with Crippen LogP contribution in [-0.4, -0.2) is 21.0 Å². The Bertz CT molecular complexity index is 409. The molecular formula is C13H16N2O2. The third-order valence-corrected chi connectivity index (χ3v) is 3.15. The maximum Gasteiger partial charge on any atom is 0.336 e. The van der Waals surface area contributed by atoms with Crippen molar-refractivity contribution in [2.45, 2.75) is 32.1 Å². The fraction of sp³-hybridized carbons (Fsp3) is 0.462. The van der Waals surface area contributed by atoms with Crippen LogP contribution in [0.3, 0.4) is 0 Å². The molecule has 0 radical (unpaired) electrons. The van der Waals surface area contributed by atoms with Gasteiger partial charge in [0.05, 0.1) is 5.57 Å². The third-order valence-electron chi connectivity index (χ3n) is 3.15. The van der Waals surface area contributed by atoms with E-state index < -0.39 is 5.97 Å². The summed E-state index contributed by atoms with van der Waals surface area (Å²) >= 11 is 0. The Labute approximate surface area is 100 Å². The molecule has 1 aromatic rings. The van der Waals surface area contributed by atoms with E-state index in [1.165, 1.54) is 25.6 Å². The Morgan fingerprint density at radius 1 is 1.24 bits per heavy atom. The minimum Gasteiger partial charge on any atom is -0.478 e. The third kappa shape index (κ3) is 3.12. The minimum atomic E-state index is -0.898. The number of rotatable bonds is 3. The number of aromatic nitrogens is 2. The summed E-state index contributed by atoms with van der Waals surface area (Å²) in [6, 6.07) is 0. The molecule has 1 aromatic heterocycles. The molecule has 0 atom stereocenters. The fourth-order valence-electron chi connectivity index (χ4n) is 2.27. The number of carboxylic acid groups (broad SMARTS) is 1. The zero-order chi connectivity index (χ0) is 12.1. The lowest BCUT2D eigenvalue weighted by Crippen LogP contribution is -2.08. The maximum atomic E-state index is 11.2. The molecule has 0 saturated heterocycles. The Kier molecular flexibility index (Phi) is 3.85. The SMILES string of the molecule is O=C(O)C(=CC1CCCCC1)c1cncnc1. The fourth-order valence-corrected chi connectivity index (χ4v) is 2.27. The number of aliphatic carboxylic acids is 1. The van der Waals surface area contributed by atoms with E-state index in [0.717, 1.165) is 12.8 Å². The Balaban J connectivity index is 2.22. The molecule has 1 saturated carbocycles. The molecule has 0 amide bonds. The van der Waals surface area contributed by atoms with Gasteiger partial charge in [-0.15, -0.1) is 0 Å². The molecule has 1 N–H and O–H groups in total. The highest BCUT2D eigenvalue weighted by Crippen LogP contribution is 2.27. The summed E-state index contributed by atoms with van der Waals surface area (Å²) in [7, 11) is 0. The van der Waals surface area contributed by atoms with Gasteiger partial charge in [0.15, 0.2) is 0 Å². The van der Waals surface area contributed by atoms with Gasteiger partial charge in [0.1, 0.15) is 6.33 Å². The smallest absolute Gasteiger partial charge is 0.336 e. The predicted molar refractivity (Wildman–Crippen MR) is 64.2 cm³/mol. The molecule has 1 aliphatic rings. The van der Waals surface area contributed by atoms with E-state index >= 15 is 0 Å². The molecule has 1 aliphatic carbocycles. The van der Waals surface area contributed by atoms with Gasteiger partial charge in [0.25, 0.3) is 0 Å². The first-order chi connectivity index (χ1) is 8.27. The topological polar surface area (TPSA) is 63.1 Å². The second-order valence-electron chi connectivity index (χ2n) is 4.41. The summed E-state index contributed by atoms with van der Waals surface area (Å²) in [6.07, 6.45) is 12.2. The van der Waals surface area contributed by atoms with Crippen LogP contribution in [0, 0.1) is 5.92 Å². The second-order valence-corrected chi connectivity index (χ2v) is 4.41. The first kappa shape index (κ1) is 11.8. The van der Waals surface area contributed by atoms with E-state index in [-0.39, 0.29) is 0 Å². The summed E-state index contributed by atoms with van der Waals surface area (Å²) in [6.45, 7) is 0. The van der Waals surface area contributed by atoms with Crippen molar-refractivity contribution < 1.29 is 9.90 Å². The molecule has 0 aliphatic heterocycles. The van der Waals surface area contributed by atoms with Crippen LogP contribution < -0.4 is 0 Å². The van der Waals surface area contributed by atoms with Crippen molar-refractivity contribution in [1.82, 2.24) is 9.97 Å². The van der Waals surface area contributed by atoms with Crippen LogP contribution in [0.15, 0.2) is 24.8 Å². The largest absolute Gasteiger partial charge is 0.478 e. The van der Waals surface area contributed by atoms with E-state index in [1.54, 1.807) is 12.4 Å². The number of allylic oxidation sites excluding steroid dienone is 1.